The van der Waals surface area contributed by atoms with E-state index in [9.17, 15) is 13.2 Å². The van der Waals surface area contributed by atoms with Crippen LogP contribution in [0.2, 0.25) is 0 Å². The van der Waals surface area contributed by atoms with Crippen LogP contribution in [0.3, 0.4) is 0 Å². The average molecular weight is 458 g/mol. The van der Waals surface area contributed by atoms with Gasteiger partial charge >= 0.3 is 6.18 Å². The predicted molar refractivity (Wildman–Crippen MR) is 114 cm³/mol. The van der Waals surface area contributed by atoms with E-state index in [1.54, 1.807) is 6.33 Å². The molecule has 5 heterocycles. The van der Waals surface area contributed by atoms with Gasteiger partial charge in [0.1, 0.15) is 18.0 Å². The summed E-state index contributed by atoms with van der Waals surface area (Å²) in [7, 11) is 0. The van der Waals surface area contributed by atoms with Crippen LogP contribution in [0.25, 0.3) is 11.3 Å². The number of pyridine rings is 1. The molecule has 6 rings (SSSR count). The van der Waals surface area contributed by atoms with Crippen molar-refractivity contribution in [2.75, 3.05) is 18.8 Å². The molecule has 3 aromatic rings. The molecule has 174 valence electrons. The first kappa shape index (κ1) is 20.6. The van der Waals surface area contributed by atoms with Gasteiger partial charge in [0.05, 0.1) is 17.3 Å². The number of anilines is 1. The average Bonchev–Trinajstić information content (AvgIpc) is 3.52. The van der Waals surface area contributed by atoms with Gasteiger partial charge in [0.25, 0.3) is 0 Å². The summed E-state index contributed by atoms with van der Waals surface area (Å²) >= 11 is 0. The number of nitrogens with one attached hydrogen (secondary N) is 1. The third kappa shape index (κ3) is 3.32. The first-order chi connectivity index (χ1) is 15.8. The minimum atomic E-state index is -4.56. The molecule has 3 N–H and O–H groups in total. The highest BCUT2D eigenvalue weighted by molar-refractivity contribution is 5.63. The van der Waals surface area contributed by atoms with Crippen molar-refractivity contribution in [2.24, 2.45) is 5.92 Å². The lowest BCUT2D eigenvalue weighted by Crippen LogP contribution is -2.38. The smallest absolute Gasteiger partial charge is 0.383 e. The summed E-state index contributed by atoms with van der Waals surface area (Å²) in [6.07, 6.45) is 4.06. The molecular formula is C22H25F3N8. The van der Waals surface area contributed by atoms with Gasteiger partial charge in [-0.15, -0.1) is 10.2 Å². The van der Waals surface area contributed by atoms with Crippen LogP contribution in [0.5, 0.6) is 0 Å². The molecule has 1 unspecified atom stereocenters. The van der Waals surface area contributed by atoms with Crippen LogP contribution in [-0.2, 0) is 18.1 Å². The molecule has 33 heavy (non-hydrogen) atoms. The molecule has 2 aliphatic heterocycles. The van der Waals surface area contributed by atoms with Crippen LogP contribution in [0.15, 0.2) is 24.7 Å². The van der Waals surface area contributed by atoms with E-state index in [-0.39, 0.29) is 11.5 Å². The van der Waals surface area contributed by atoms with Crippen LogP contribution < -0.4 is 5.73 Å². The van der Waals surface area contributed by atoms with Gasteiger partial charge in [-0.3, -0.25) is 9.58 Å². The molecule has 1 aliphatic carbocycles. The molecule has 3 aliphatic rings. The second kappa shape index (κ2) is 7.28. The van der Waals surface area contributed by atoms with Crippen LogP contribution in [0.1, 0.15) is 55.2 Å². The van der Waals surface area contributed by atoms with E-state index in [2.05, 4.69) is 30.2 Å². The fourth-order valence-electron chi connectivity index (χ4n) is 5.81. The number of H-pyrrole nitrogens is 1. The number of hydrogen-bond donors (Lipinski definition) is 2. The quantitative estimate of drug-likeness (QED) is 0.620. The molecule has 0 amide bonds. The topological polar surface area (TPSA) is 102 Å². The van der Waals surface area contributed by atoms with E-state index in [1.807, 2.05) is 10.7 Å². The van der Waals surface area contributed by atoms with Gasteiger partial charge in [0.2, 0.25) is 0 Å². The van der Waals surface area contributed by atoms with Crippen molar-refractivity contribution in [3.63, 3.8) is 0 Å². The first-order valence-electron chi connectivity index (χ1n) is 11.4. The minimum absolute atomic E-state index is 0.0542. The molecule has 1 saturated heterocycles. The Labute approximate surface area is 188 Å². The van der Waals surface area contributed by atoms with Crippen molar-refractivity contribution in [2.45, 2.75) is 56.3 Å². The molecular weight excluding hydrogens is 433 g/mol. The lowest BCUT2D eigenvalue weighted by Gasteiger charge is -2.38. The number of halogens is 3. The predicted octanol–water partition coefficient (Wildman–Crippen LogP) is 3.55. The summed E-state index contributed by atoms with van der Waals surface area (Å²) in [5.74, 6) is 0.989. The van der Waals surface area contributed by atoms with Gasteiger partial charge in [-0.2, -0.15) is 18.3 Å². The Hall–Kier alpha value is -2.95. The van der Waals surface area contributed by atoms with Crippen molar-refractivity contribution in [1.29, 1.82) is 0 Å². The van der Waals surface area contributed by atoms with Crippen molar-refractivity contribution < 1.29 is 13.2 Å². The molecule has 2 atom stereocenters. The second-order valence-corrected chi connectivity index (χ2v) is 9.55. The molecule has 11 heteroatoms. The maximum Gasteiger partial charge on any atom is 0.419 e. The summed E-state index contributed by atoms with van der Waals surface area (Å²) < 4.78 is 41.9. The fraction of sp³-hybridized carbons (Fsp3) is 0.545. The number of aromatic nitrogens is 6. The Morgan fingerprint density at radius 3 is 2.70 bits per heavy atom. The largest absolute Gasteiger partial charge is 0.419 e. The van der Waals surface area contributed by atoms with Gasteiger partial charge < -0.3 is 10.7 Å². The Morgan fingerprint density at radius 2 is 2.00 bits per heavy atom. The normalized spacial score (nSPS) is 24.3. The molecule has 0 radical (unpaired) electrons. The SMILES string of the molecule is Nc1ncc(-c2cc3n(n2)CC[C@@]32CCN(C(c3nnc[nH]3)C3CCC3)C2)cc1C(F)(F)F. The second-order valence-electron chi connectivity index (χ2n) is 9.55. The zero-order chi connectivity index (χ0) is 22.8. The Balaban J connectivity index is 1.30. The number of hydrogen-bond acceptors (Lipinski definition) is 6. The van der Waals surface area contributed by atoms with Crippen LogP contribution in [0.4, 0.5) is 19.0 Å². The van der Waals surface area contributed by atoms with Crippen LogP contribution in [-0.4, -0.2) is 47.9 Å². The molecule has 0 bridgehead atoms. The highest BCUT2D eigenvalue weighted by Gasteiger charge is 2.49. The van der Waals surface area contributed by atoms with Crippen LogP contribution >= 0.6 is 0 Å². The first-order valence-corrected chi connectivity index (χ1v) is 11.4. The molecule has 1 spiro atoms. The summed E-state index contributed by atoms with van der Waals surface area (Å²) in [6.45, 7) is 2.59. The van der Waals surface area contributed by atoms with E-state index in [4.69, 9.17) is 5.73 Å². The number of nitrogens with zero attached hydrogens (tertiary/aromatic N) is 6. The monoisotopic (exact) mass is 458 g/mol. The van der Waals surface area contributed by atoms with Gasteiger partial charge in [-0.1, -0.05) is 6.42 Å². The Morgan fingerprint density at radius 1 is 1.18 bits per heavy atom. The van der Waals surface area contributed by atoms with E-state index in [1.165, 1.54) is 25.5 Å². The Bertz CT molecular complexity index is 1170. The molecule has 1 saturated carbocycles. The maximum atomic E-state index is 13.3. The van der Waals surface area contributed by atoms with E-state index >= 15 is 0 Å². The zero-order valence-electron chi connectivity index (χ0n) is 18.0. The fourth-order valence-corrected chi connectivity index (χ4v) is 5.81. The standard InChI is InChI=1S/C22H25F3N8/c23-22(24,25)15-8-14(10-27-19(15)26)16-9-17-21(5-7-33(17)31-16)4-6-32(11-21)18(13-2-1-3-13)20-28-12-29-30-20/h8-10,12-13,18H,1-7,11H2,(H2,26,27)(H,28,29,30)/t18?,21-/m1/s1. The molecule has 2 fully saturated rings. The minimum Gasteiger partial charge on any atom is -0.383 e. The third-order valence-electron chi connectivity index (χ3n) is 7.73. The van der Waals surface area contributed by atoms with Crippen molar-refractivity contribution in [3.05, 3.63) is 41.7 Å². The van der Waals surface area contributed by atoms with Gasteiger partial charge in [0.15, 0.2) is 0 Å². The molecule has 3 aromatic heterocycles. The van der Waals surface area contributed by atoms with Crippen molar-refractivity contribution in [1.82, 2.24) is 34.8 Å². The lowest BCUT2D eigenvalue weighted by atomic mass is 9.78. The van der Waals surface area contributed by atoms with Crippen molar-refractivity contribution >= 4 is 5.82 Å². The summed E-state index contributed by atoms with van der Waals surface area (Å²) in [5, 5.41) is 13.0. The highest BCUT2D eigenvalue weighted by atomic mass is 19.4. The van der Waals surface area contributed by atoms with Gasteiger partial charge in [0, 0.05) is 36.0 Å². The number of nitrogen functional groups attached to an aromatic ring is 1. The zero-order valence-corrected chi connectivity index (χ0v) is 18.0. The third-order valence-corrected chi connectivity index (χ3v) is 7.73. The van der Waals surface area contributed by atoms with E-state index in [0.29, 0.717) is 17.2 Å². The number of aryl methyl sites for hydroxylation is 1. The van der Waals surface area contributed by atoms with Gasteiger partial charge in [-0.25, -0.2) is 4.98 Å². The molecule has 0 aromatic carbocycles. The summed E-state index contributed by atoms with van der Waals surface area (Å²) in [5.41, 5.74) is 6.42. The van der Waals surface area contributed by atoms with Crippen LogP contribution in [0, 0.1) is 5.92 Å². The van der Waals surface area contributed by atoms with E-state index in [0.717, 1.165) is 50.1 Å². The number of likely N-dealkylation sites (tertiary alicyclic amines) is 1. The number of nitrogens with two attached hydrogens (primary N) is 1. The number of fused-ring (bicyclic) bond motifs is 2. The lowest BCUT2D eigenvalue weighted by molar-refractivity contribution is -0.137. The highest BCUT2D eigenvalue weighted by Crippen LogP contribution is 2.49. The number of rotatable bonds is 4. The number of aromatic amines is 1. The summed E-state index contributed by atoms with van der Waals surface area (Å²) in [6, 6.07) is 3.22. The van der Waals surface area contributed by atoms with Crippen molar-refractivity contribution in [3.8, 4) is 11.3 Å². The maximum absolute atomic E-state index is 13.3. The van der Waals surface area contributed by atoms with E-state index < -0.39 is 17.6 Å². The molecule has 8 nitrogen and oxygen atoms in total. The summed E-state index contributed by atoms with van der Waals surface area (Å²) in [4.78, 5) is 9.51. The number of alkyl halides is 3. The Kier molecular flexibility index (Phi) is 4.55. The van der Waals surface area contributed by atoms with Gasteiger partial charge in [-0.05, 0) is 50.3 Å².